The molecule has 1 saturated heterocycles. The van der Waals surface area contributed by atoms with E-state index in [1.807, 2.05) is 20.1 Å². The molecule has 4 heteroatoms. The van der Waals surface area contributed by atoms with E-state index in [9.17, 15) is 0 Å². The van der Waals surface area contributed by atoms with E-state index < -0.39 is 0 Å². The normalized spacial score (nSPS) is 18.4. The van der Waals surface area contributed by atoms with E-state index in [-0.39, 0.29) is 0 Å². The Bertz CT molecular complexity index is 410. The van der Waals surface area contributed by atoms with Gasteiger partial charge in [-0.3, -0.25) is 9.88 Å². The number of aryl methyl sites for hydroxylation is 1. The summed E-state index contributed by atoms with van der Waals surface area (Å²) in [5.74, 6) is 0. The van der Waals surface area contributed by atoms with E-state index in [0.29, 0.717) is 5.41 Å². The van der Waals surface area contributed by atoms with Crippen molar-refractivity contribution in [3.63, 3.8) is 0 Å². The molecule has 4 nitrogen and oxygen atoms in total. The van der Waals surface area contributed by atoms with Gasteiger partial charge in [-0.2, -0.15) is 0 Å². The average Bonchev–Trinajstić information content (AvgIpc) is 2.39. The molecule has 1 aliphatic heterocycles. The van der Waals surface area contributed by atoms with Gasteiger partial charge < -0.3 is 10.1 Å². The molecule has 0 bridgehead atoms. The first kappa shape index (κ1) is 15.4. The SMILES string of the molecule is COCC1(CN(C)Cc2cccc(C)n2)CCNCC1. The monoisotopic (exact) mass is 277 g/mol. The highest BCUT2D eigenvalue weighted by atomic mass is 16.5. The minimum Gasteiger partial charge on any atom is -0.384 e. The van der Waals surface area contributed by atoms with Gasteiger partial charge in [0.1, 0.15) is 0 Å². The number of rotatable bonds is 6. The molecule has 0 aromatic carbocycles. The molecule has 20 heavy (non-hydrogen) atoms. The smallest absolute Gasteiger partial charge is 0.0547 e. The Balaban J connectivity index is 1.95. The molecular formula is C16H27N3O. The molecule has 0 unspecified atom stereocenters. The maximum Gasteiger partial charge on any atom is 0.0547 e. The van der Waals surface area contributed by atoms with Gasteiger partial charge in [-0.25, -0.2) is 0 Å². The lowest BCUT2D eigenvalue weighted by molar-refractivity contribution is 0.0266. The first-order valence-corrected chi connectivity index (χ1v) is 7.44. The molecule has 2 rings (SSSR count). The predicted molar refractivity (Wildman–Crippen MR) is 81.7 cm³/mol. The summed E-state index contributed by atoms with van der Waals surface area (Å²) in [5.41, 5.74) is 2.52. The molecule has 0 saturated carbocycles. The molecule has 0 radical (unpaired) electrons. The average molecular weight is 277 g/mol. The van der Waals surface area contributed by atoms with E-state index in [4.69, 9.17) is 4.74 Å². The molecule has 0 spiro atoms. The molecule has 1 aromatic rings. The van der Waals surface area contributed by atoms with Gasteiger partial charge in [0.15, 0.2) is 0 Å². The number of aromatic nitrogens is 1. The fourth-order valence-corrected chi connectivity index (χ4v) is 3.20. The van der Waals surface area contributed by atoms with Gasteiger partial charge in [0.05, 0.1) is 12.3 Å². The Morgan fingerprint density at radius 3 is 2.75 bits per heavy atom. The van der Waals surface area contributed by atoms with Crippen LogP contribution in [0.5, 0.6) is 0 Å². The van der Waals surface area contributed by atoms with Crippen LogP contribution in [0.15, 0.2) is 18.2 Å². The van der Waals surface area contributed by atoms with Gasteiger partial charge in [0.2, 0.25) is 0 Å². The molecule has 2 heterocycles. The van der Waals surface area contributed by atoms with Crippen LogP contribution in [-0.4, -0.2) is 50.3 Å². The number of hydrogen-bond donors (Lipinski definition) is 1. The maximum absolute atomic E-state index is 5.48. The van der Waals surface area contributed by atoms with E-state index in [0.717, 1.165) is 44.2 Å². The third-order valence-corrected chi connectivity index (χ3v) is 4.10. The van der Waals surface area contributed by atoms with Crippen molar-refractivity contribution >= 4 is 0 Å². The third kappa shape index (κ3) is 4.27. The summed E-state index contributed by atoms with van der Waals surface area (Å²) in [6.45, 7) is 7.06. The van der Waals surface area contributed by atoms with Crippen LogP contribution in [0, 0.1) is 12.3 Å². The molecule has 1 N–H and O–H groups in total. The zero-order chi connectivity index (χ0) is 14.4. The Morgan fingerprint density at radius 2 is 2.10 bits per heavy atom. The standard InChI is InChI=1S/C16H27N3O/c1-14-5-4-6-15(18-14)11-19(2)12-16(13-20-3)7-9-17-10-8-16/h4-6,17H,7-13H2,1-3H3. The Morgan fingerprint density at radius 1 is 1.35 bits per heavy atom. The van der Waals surface area contributed by atoms with Crippen LogP contribution in [-0.2, 0) is 11.3 Å². The van der Waals surface area contributed by atoms with Crippen LogP contribution in [0.4, 0.5) is 0 Å². The summed E-state index contributed by atoms with van der Waals surface area (Å²) in [7, 11) is 4.00. The molecule has 0 aliphatic carbocycles. The number of methoxy groups -OCH3 is 1. The summed E-state index contributed by atoms with van der Waals surface area (Å²) in [5, 5.41) is 3.44. The predicted octanol–water partition coefficient (Wildman–Crippen LogP) is 1.84. The summed E-state index contributed by atoms with van der Waals surface area (Å²) in [6.07, 6.45) is 2.37. The van der Waals surface area contributed by atoms with Crippen molar-refractivity contribution in [2.45, 2.75) is 26.3 Å². The van der Waals surface area contributed by atoms with E-state index in [2.05, 4.69) is 34.4 Å². The first-order valence-electron chi connectivity index (χ1n) is 7.44. The highest BCUT2D eigenvalue weighted by Crippen LogP contribution is 2.30. The van der Waals surface area contributed by atoms with Gasteiger partial charge >= 0.3 is 0 Å². The summed E-state index contributed by atoms with van der Waals surface area (Å²) >= 11 is 0. The number of pyridine rings is 1. The number of piperidine rings is 1. The minimum atomic E-state index is 0.290. The van der Waals surface area contributed by atoms with Gasteiger partial charge in [0.25, 0.3) is 0 Å². The second kappa shape index (κ2) is 7.16. The fourth-order valence-electron chi connectivity index (χ4n) is 3.20. The first-order chi connectivity index (χ1) is 9.63. The molecule has 1 fully saturated rings. The van der Waals surface area contributed by atoms with Crippen molar-refractivity contribution in [2.75, 3.05) is 40.4 Å². The van der Waals surface area contributed by atoms with Crippen molar-refractivity contribution in [3.05, 3.63) is 29.6 Å². The zero-order valence-electron chi connectivity index (χ0n) is 13.0. The molecule has 0 atom stereocenters. The van der Waals surface area contributed by atoms with Crippen LogP contribution >= 0.6 is 0 Å². The third-order valence-electron chi connectivity index (χ3n) is 4.10. The maximum atomic E-state index is 5.48. The summed E-state index contributed by atoms with van der Waals surface area (Å²) in [4.78, 5) is 6.97. The fraction of sp³-hybridized carbons (Fsp3) is 0.688. The van der Waals surface area contributed by atoms with Crippen LogP contribution in [0.3, 0.4) is 0 Å². The Hall–Kier alpha value is -0.970. The van der Waals surface area contributed by atoms with Crippen LogP contribution in [0.25, 0.3) is 0 Å². The second-order valence-electron chi connectivity index (χ2n) is 6.13. The Kier molecular flexibility index (Phi) is 5.52. The largest absolute Gasteiger partial charge is 0.384 e. The highest BCUT2D eigenvalue weighted by Gasteiger charge is 2.33. The van der Waals surface area contributed by atoms with Crippen molar-refractivity contribution in [1.82, 2.24) is 15.2 Å². The van der Waals surface area contributed by atoms with E-state index in [1.54, 1.807) is 0 Å². The molecule has 0 amide bonds. The molecule has 1 aliphatic rings. The van der Waals surface area contributed by atoms with Crippen molar-refractivity contribution < 1.29 is 4.74 Å². The quantitative estimate of drug-likeness (QED) is 0.861. The van der Waals surface area contributed by atoms with E-state index in [1.165, 1.54) is 12.8 Å². The van der Waals surface area contributed by atoms with Crippen molar-refractivity contribution in [3.8, 4) is 0 Å². The minimum absolute atomic E-state index is 0.290. The van der Waals surface area contributed by atoms with Crippen LogP contribution in [0.1, 0.15) is 24.2 Å². The number of hydrogen-bond acceptors (Lipinski definition) is 4. The number of ether oxygens (including phenoxy) is 1. The lowest BCUT2D eigenvalue weighted by Gasteiger charge is -2.39. The second-order valence-corrected chi connectivity index (χ2v) is 6.13. The summed E-state index contributed by atoms with van der Waals surface area (Å²) < 4.78 is 5.48. The van der Waals surface area contributed by atoms with Crippen LogP contribution < -0.4 is 5.32 Å². The van der Waals surface area contributed by atoms with Gasteiger partial charge in [-0.15, -0.1) is 0 Å². The van der Waals surface area contributed by atoms with Gasteiger partial charge in [0, 0.05) is 31.3 Å². The zero-order valence-corrected chi connectivity index (χ0v) is 13.0. The lowest BCUT2D eigenvalue weighted by atomic mass is 9.79. The van der Waals surface area contributed by atoms with Gasteiger partial charge in [-0.1, -0.05) is 6.07 Å². The van der Waals surface area contributed by atoms with Crippen molar-refractivity contribution in [1.29, 1.82) is 0 Å². The molecule has 112 valence electrons. The summed E-state index contributed by atoms with van der Waals surface area (Å²) in [6, 6.07) is 6.23. The van der Waals surface area contributed by atoms with Crippen LogP contribution in [0.2, 0.25) is 0 Å². The molecular weight excluding hydrogens is 250 g/mol. The lowest BCUT2D eigenvalue weighted by Crippen LogP contribution is -2.46. The molecule has 1 aromatic heterocycles. The Labute approximate surface area is 122 Å². The topological polar surface area (TPSA) is 37.4 Å². The van der Waals surface area contributed by atoms with Gasteiger partial charge in [-0.05, 0) is 52.0 Å². The highest BCUT2D eigenvalue weighted by molar-refractivity contribution is 5.09. The van der Waals surface area contributed by atoms with Crippen molar-refractivity contribution in [2.24, 2.45) is 5.41 Å². The number of nitrogens with zero attached hydrogens (tertiary/aromatic N) is 2. The van der Waals surface area contributed by atoms with E-state index >= 15 is 0 Å². The number of nitrogens with one attached hydrogen (secondary N) is 1.